The van der Waals surface area contributed by atoms with Gasteiger partial charge >= 0.3 is 0 Å². The molecule has 4 heteroatoms. The molecule has 0 spiro atoms. The van der Waals surface area contributed by atoms with E-state index in [-0.39, 0.29) is 0 Å². The van der Waals surface area contributed by atoms with Gasteiger partial charge in [-0.25, -0.2) is 4.98 Å². The summed E-state index contributed by atoms with van der Waals surface area (Å²) in [5.74, 6) is 0.777. The lowest BCUT2D eigenvalue weighted by Crippen LogP contribution is -2.01. The number of hydrogen-bond acceptors (Lipinski definition) is 2. The van der Waals surface area contributed by atoms with Crippen molar-refractivity contribution < 1.29 is 4.79 Å². The number of nitrogens with one attached hydrogen (secondary N) is 1. The van der Waals surface area contributed by atoms with Gasteiger partial charge in [0.15, 0.2) is 0 Å². The summed E-state index contributed by atoms with van der Waals surface area (Å²) in [4.78, 5) is 15.1. The van der Waals surface area contributed by atoms with Crippen molar-refractivity contribution in [2.24, 2.45) is 0 Å². The molecule has 2 aromatic rings. The van der Waals surface area contributed by atoms with E-state index in [9.17, 15) is 4.79 Å². The molecule has 84 valence electrons. The topological polar surface area (TPSA) is 46.4 Å². The van der Waals surface area contributed by atoms with E-state index in [4.69, 9.17) is 0 Å². The molecule has 1 N–H and O–H groups in total. The lowest BCUT2D eigenvalue weighted by atomic mass is 10.2. The Balaban J connectivity index is 2.78. The Morgan fingerprint density at radius 2 is 2.25 bits per heavy atom. The van der Waals surface area contributed by atoms with Crippen molar-refractivity contribution in [1.82, 2.24) is 9.38 Å². The van der Waals surface area contributed by atoms with Crippen molar-refractivity contribution in [3.63, 3.8) is 0 Å². The fourth-order valence-electron chi connectivity index (χ4n) is 1.99. The molecule has 16 heavy (non-hydrogen) atoms. The number of fused-ring (bicyclic) bond motifs is 1. The van der Waals surface area contributed by atoms with Gasteiger partial charge in [-0.2, -0.15) is 0 Å². The van der Waals surface area contributed by atoms with Crippen LogP contribution in [0.15, 0.2) is 12.3 Å². The maximum Gasteiger partial charge on any atom is 0.212 e. The molecule has 0 aliphatic heterocycles. The van der Waals surface area contributed by atoms with Crippen LogP contribution in [0.3, 0.4) is 0 Å². The summed E-state index contributed by atoms with van der Waals surface area (Å²) >= 11 is 0. The highest BCUT2D eigenvalue weighted by atomic mass is 16.1. The Kier molecular flexibility index (Phi) is 2.64. The first kappa shape index (κ1) is 10.7. The van der Waals surface area contributed by atoms with Crippen LogP contribution in [0.1, 0.15) is 23.7 Å². The van der Waals surface area contributed by atoms with Gasteiger partial charge in [-0.15, -0.1) is 0 Å². The van der Waals surface area contributed by atoms with Crippen LogP contribution in [-0.2, 0) is 11.2 Å². The predicted octanol–water partition coefficient (Wildman–Crippen LogP) is 2.08. The Hall–Kier alpha value is -1.84. The van der Waals surface area contributed by atoms with E-state index < -0.39 is 0 Å². The summed E-state index contributed by atoms with van der Waals surface area (Å²) in [6, 6.07) is 2.09. The Bertz CT molecular complexity index is 543. The van der Waals surface area contributed by atoms with Gasteiger partial charge in [-0.3, -0.25) is 9.20 Å². The minimum Gasteiger partial charge on any atom is -0.313 e. The van der Waals surface area contributed by atoms with Gasteiger partial charge in [-0.1, -0.05) is 13.0 Å². The van der Waals surface area contributed by atoms with E-state index in [1.165, 1.54) is 0 Å². The first-order valence-electron chi connectivity index (χ1n) is 5.35. The van der Waals surface area contributed by atoms with Crippen LogP contribution in [0.2, 0.25) is 0 Å². The standard InChI is InChI=1S/C12H15N3O/c1-4-10-12(13-7-16)15-6-8(2)5-9(3)11(15)14-10/h5-7H,4H2,1-3H3,(H,13,16). The summed E-state index contributed by atoms with van der Waals surface area (Å²) in [6.07, 6.45) is 3.48. The summed E-state index contributed by atoms with van der Waals surface area (Å²) in [7, 11) is 0. The number of anilines is 1. The SMILES string of the molecule is CCc1nc2c(C)cc(C)cn2c1NC=O. The molecule has 4 nitrogen and oxygen atoms in total. The summed E-state index contributed by atoms with van der Waals surface area (Å²) < 4.78 is 1.94. The normalized spacial score (nSPS) is 10.7. The van der Waals surface area contributed by atoms with Crippen molar-refractivity contribution in [3.05, 3.63) is 29.1 Å². The van der Waals surface area contributed by atoms with Gasteiger partial charge in [0.1, 0.15) is 11.5 Å². The van der Waals surface area contributed by atoms with Crippen molar-refractivity contribution in [3.8, 4) is 0 Å². The molecule has 2 rings (SSSR count). The van der Waals surface area contributed by atoms with E-state index in [0.717, 1.165) is 34.7 Å². The largest absolute Gasteiger partial charge is 0.313 e. The Labute approximate surface area is 94.3 Å². The van der Waals surface area contributed by atoms with Gasteiger partial charge in [-0.05, 0) is 31.4 Å². The van der Waals surface area contributed by atoms with Crippen LogP contribution >= 0.6 is 0 Å². The second-order valence-electron chi connectivity index (χ2n) is 3.92. The number of aryl methyl sites for hydroxylation is 3. The van der Waals surface area contributed by atoms with E-state index >= 15 is 0 Å². The molecular weight excluding hydrogens is 202 g/mol. The zero-order chi connectivity index (χ0) is 11.7. The highest BCUT2D eigenvalue weighted by Crippen LogP contribution is 2.21. The third-order valence-electron chi connectivity index (χ3n) is 2.64. The molecule has 0 aliphatic rings. The number of aromatic nitrogens is 2. The fraction of sp³-hybridized carbons (Fsp3) is 0.333. The zero-order valence-corrected chi connectivity index (χ0v) is 9.74. The van der Waals surface area contributed by atoms with Gasteiger partial charge in [0.2, 0.25) is 6.41 Å². The van der Waals surface area contributed by atoms with Crippen molar-refractivity contribution in [1.29, 1.82) is 0 Å². The molecule has 0 saturated heterocycles. The minimum absolute atomic E-state index is 0.695. The molecule has 0 saturated carbocycles. The quantitative estimate of drug-likeness (QED) is 0.800. The van der Waals surface area contributed by atoms with Crippen LogP contribution in [0.5, 0.6) is 0 Å². The maximum atomic E-state index is 10.6. The van der Waals surface area contributed by atoms with Gasteiger partial charge < -0.3 is 5.32 Å². The molecule has 2 heterocycles. The zero-order valence-electron chi connectivity index (χ0n) is 9.74. The molecule has 0 fully saturated rings. The van der Waals surface area contributed by atoms with Crippen LogP contribution < -0.4 is 5.32 Å². The molecule has 0 aromatic carbocycles. The first-order valence-corrected chi connectivity index (χ1v) is 5.35. The van der Waals surface area contributed by atoms with Crippen molar-refractivity contribution in [2.75, 3.05) is 5.32 Å². The van der Waals surface area contributed by atoms with Crippen LogP contribution in [0.25, 0.3) is 5.65 Å². The highest BCUT2D eigenvalue weighted by molar-refractivity contribution is 5.73. The maximum absolute atomic E-state index is 10.6. The Morgan fingerprint density at radius 1 is 1.50 bits per heavy atom. The van der Waals surface area contributed by atoms with Crippen LogP contribution in [-0.4, -0.2) is 15.8 Å². The molecule has 0 aliphatic carbocycles. The number of pyridine rings is 1. The molecule has 2 aromatic heterocycles. The number of carbonyl (C=O) groups excluding carboxylic acids is 1. The molecule has 1 amide bonds. The number of hydrogen-bond donors (Lipinski definition) is 1. The van der Waals surface area contributed by atoms with Crippen molar-refractivity contribution in [2.45, 2.75) is 27.2 Å². The molecule has 0 unspecified atom stereocenters. The smallest absolute Gasteiger partial charge is 0.212 e. The third-order valence-corrected chi connectivity index (χ3v) is 2.64. The molecule has 0 bridgehead atoms. The van der Waals surface area contributed by atoms with E-state index in [1.54, 1.807) is 0 Å². The van der Waals surface area contributed by atoms with Gasteiger partial charge in [0.25, 0.3) is 0 Å². The summed E-state index contributed by atoms with van der Waals surface area (Å²) in [6.45, 7) is 6.09. The van der Waals surface area contributed by atoms with E-state index in [2.05, 4.69) is 16.4 Å². The number of imidazole rings is 1. The summed E-state index contributed by atoms with van der Waals surface area (Å²) in [5, 5.41) is 2.72. The first-order chi connectivity index (χ1) is 7.67. The molecule has 0 radical (unpaired) electrons. The number of rotatable bonds is 3. The van der Waals surface area contributed by atoms with Crippen molar-refractivity contribution >= 4 is 17.9 Å². The van der Waals surface area contributed by atoms with Crippen LogP contribution in [0.4, 0.5) is 5.82 Å². The lowest BCUT2D eigenvalue weighted by molar-refractivity contribution is -0.105. The summed E-state index contributed by atoms with van der Waals surface area (Å²) in [5.41, 5.74) is 4.10. The third kappa shape index (κ3) is 1.56. The van der Waals surface area contributed by atoms with E-state index in [1.807, 2.05) is 31.4 Å². The number of carbonyl (C=O) groups is 1. The molecule has 0 atom stereocenters. The predicted molar refractivity (Wildman–Crippen MR) is 63.7 cm³/mol. The average molecular weight is 217 g/mol. The monoisotopic (exact) mass is 217 g/mol. The lowest BCUT2D eigenvalue weighted by Gasteiger charge is -2.04. The molecular formula is C12H15N3O. The fourth-order valence-corrected chi connectivity index (χ4v) is 1.99. The minimum atomic E-state index is 0.695. The van der Waals surface area contributed by atoms with Gasteiger partial charge in [0, 0.05) is 6.20 Å². The second kappa shape index (κ2) is 3.96. The number of amides is 1. The number of nitrogens with zero attached hydrogens (tertiary/aromatic N) is 2. The Morgan fingerprint density at radius 3 is 2.88 bits per heavy atom. The second-order valence-corrected chi connectivity index (χ2v) is 3.92. The van der Waals surface area contributed by atoms with Gasteiger partial charge in [0.05, 0.1) is 5.69 Å². The highest BCUT2D eigenvalue weighted by Gasteiger charge is 2.11. The average Bonchev–Trinajstić information content (AvgIpc) is 2.58. The van der Waals surface area contributed by atoms with E-state index in [0.29, 0.717) is 6.41 Å². The van der Waals surface area contributed by atoms with Crippen LogP contribution in [0, 0.1) is 13.8 Å².